The number of aryl methyl sites for hydroxylation is 1. The summed E-state index contributed by atoms with van der Waals surface area (Å²) in [5.74, 6) is 0. The first-order chi connectivity index (χ1) is 9.31. The van der Waals surface area contributed by atoms with Crippen molar-refractivity contribution in [2.45, 2.75) is 58.2 Å². The van der Waals surface area contributed by atoms with Gasteiger partial charge in [0.25, 0.3) is 0 Å². The van der Waals surface area contributed by atoms with Crippen molar-refractivity contribution in [1.29, 1.82) is 0 Å². The maximum absolute atomic E-state index is 10.9. The van der Waals surface area contributed by atoms with Crippen LogP contribution in [0.1, 0.15) is 58.3 Å². The van der Waals surface area contributed by atoms with Gasteiger partial charge in [0.15, 0.2) is 0 Å². The quantitative estimate of drug-likeness (QED) is 0.926. The third-order valence-corrected chi connectivity index (χ3v) is 4.87. The number of nitrogens with zero attached hydrogens (tertiary/aromatic N) is 2. The SMILES string of the molecule is CCOC1(C(O)c2c(Cl)cnn2C)CCC(C)(C)CC1. The molecule has 0 amide bonds. The minimum absolute atomic E-state index is 0.316. The molecule has 114 valence electrons. The van der Waals surface area contributed by atoms with E-state index in [0.29, 0.717) is 22.7 Å². The first-order valence-electron chi connectivity index (χ1n) is 7.31. The molecule has 1 aliphatic rings. The van der Waals surface area contributed by atoms with Gasteiger partial charge in [-0.1, -0.05) is 25.4 Å². The van der Waals surface area contributed by atoms with E-state index < -0.39 is 11.7 Å². The number of halogens is 1. The van der Waals surface area contributed by atoms with Gasteiger partial charge in [-0.2, -0.15) is 5.10 Å². The monoisotopic (exact) mass is 300 g/mol. The summed E-state index contributed by atoms with van der Waals surface area (Å²) in [6.45, 7) is 7.10. The summed E-state index contributed by atoms with van der Waals surface area (Å²) in [6.07, 6.45) is 4.61. The summed E-state index contributed by atoms with van der Waals surface area (Å²) in [4.78, 5) is 0. The Kier molecular flexibility index (Phi) is 4.47. The maximum atomic E-state index is 10.9. The molecule has 1 atom stereocenters. The van der Waals surface area contributed by atoms with Crippen molar-refractivity contribution in [3.63, 3.8) is 0 Å². The van der Waals surface area contributed by atoms with Crippen molar-refractivity contribution in [2.24, 2.45) is 12.5 Å². The van der Waals surface area contributed by atoms with Gasteiger partial charge in [0.2, 0.25) is 0 Å². The number of hydrogen-bond donors (Lipinski definition) is 1. The minimum atomic E-state index is -0.737. The van der Waals surface area contributed by atoms with Crippen LogP contribution in [0.4, 0.5) is 0 Å². The van der Waals surface area contributed by atoms with E-state index in [-0.39, 0.29) is 0 Å². The molecule has 0 radical (unpaired) electrons. The van der Waals surface area contributed by atoms with Crippen molar-refractivity contribution in [2.75, 3.05) is 6.61 Å². The number of ether oxygens (including phenoxy) is 1. The van der Waals surface area contributed by atoms with E-state index in [1.54, 1.807) is 17.9 Å². The van der Waals surface area contributed by atoms with E-state index >= 15 is 0 Å². The maximum Gasteiger partial charge on any atom is 0.126 e. The molecule has 0 saturated heterocycles. The predicted octanol–water partition coefficient (Wildman–Crippen LogP) is 3.48. The second kappa shape index (κ2) is 5.66. The van der Waals surface area contributed by atoms with Gasteiger partial charge in [0, 0.05) is 13.7 Å². The van der Waals surface area contributed by atoms with E-state index in [2.05, 4.69) is 18.9 Å². The van der Waals surface area contributed by atoms with Crippen LogP contribution in [0.25, 0.3) is 0 Å². The summed E-state index contributed by atoms with van der Waals surface area (Å²) in [7, 11) is 1.80. The lowest BCUT2D eigenvalue weighted by Gasteiger charge is -2.45. The van der Waals surface area contributed by atoms with Crippen LogP contribution in [0.15, 0.2) is 6.20 Å². The Morgan fingerprint density at radius 3 is 2.45 bits per heavy atom. The predicted molar refractivity (Wildman–Crippen MR) is 79.8 cm³/mol. The first-order valence-corrected chi connectivity index (χ1v) is 7.68. The standard InChI is InChI=1S/C15H25ClN2O2/c1-5-20-15(8-6-14(2,3)7-9-15)13(19)12-11(16)10-17-18(12)4/h10,13,19H,5-9H2,1-4H3. The highest BCUT2D eigenvalue weighted by atomic mass is 35.5. The molecule has 20 heavy (non-hydrogen) atoms. The summed E-state index contributed by atoms with van der Waals surface area (Å²) in [5, 5.41) is 15.5. The lowest BCUT2D eigenvalue weighted by Crippen LogP contribution is -2.45. The van der Waals surface area contributed by atoms with E-state index in [4.69, 9.17) is 16.3 Å². The highest BCUT2D eigenvalue weighted by molar-refractivity contribution is 6.31. The molecule has 0 spiro atoms. The van der Waals surface area contributed by atoms with Gasteiger partial charge in [-0.3, -0.25) is 4.68 Å². The molecule has 4 nitrogen and oxygen atoms in total. The van der Waals surface area contributed by atoms with Crippen molar-refractivity contribution in [1.82, 2.24) is 9.78 Å². The number of rotatable bonds is 4. The molecule has 0 bridgehead atoms. The molecule has 1 saturated carbocycles. The molecule has 1 aromatic heterocycles. The second-order valence-corrected chi connectivity index (χ2v) is 6.97. The Bertz CT molecular complexity index is 441. The minimum Gasteiger partial charge on any atom is -0.384 e. The summed E-state index contributed by atoms with van der Waals surface area (Å²) >= 11 is 6.18. The lowest BCUT2D eigenvalue weighted by molar-refractivity contribution is -0.155. The topological polar surface area (TPSA) is 47.3 Å². The van der Waals surface area contributed by atoms with E-state index in [1.807, 2.05) is 6.92 Å². The van der Waals surface area contributed by atoms with Crippen molar-refractivity contribution < 1.29 is 9.84 Å². The molecule has 2 rings (SSSR count). The molecule has 1 heterocycles. The van der Waals surface area contributed by atoms with Crippen LogP contribution in [-0.4, -0.2) is 27.1 Å². The molecule has 1 aromatic rings. The highest BCUT2D eigenvalue weighted by Gasteiger charge is 2.46. The average molecular weight is 301 g/mol. The van der Waals surface area contributed by atoms with Crippen LogP contribution >= 0.6 is 11.6 Å². The third kappa shape index (κ3) is 2.87. The van der Waals surface area contributed by atoms with Crippen LogP contribution in [-0.2, 0) is 11.8 Å². The molecule has 1 unspecified atom stereocenters. The zero-order valence-corrected chi connectivity index (χ0v) is 13.6. The molecular weight excluding hydrogens is 276 g/mol. The summed E-state index contributed by atoms with van der Waals surface area (Å²) in [5.41, 5.74) is 0.429. The van der Waals surface area contributed by atoms with E-state index in [1.165, 1.54) is 0 Å². The van der Waals surface area contributed by atoms with Gasteiger partial charge in [-0.05, 0) is 38.0 Å². The molecule has 0 aromatic carbocycles. The van der Waals surface area contributed by atoms with Crippen LogP contribution < -0.4 is 0 Å². The number of aromatic nitrogens is 2. The van der Waals surface area contributed by atoms with Gasteiger partial charge < -0.3 is 9.84 Å². The molecule has 1 N–H and O–H groups in total. The molecule has 1 aliphatic carbocycles. The first kappa shape index (κ1) is 15.8. The fourth-order valence-corrected chi connectivity index (χ4v) is 3.38. The molecule has 1 fully saturated rings. The lowest BCUT2D eigenvalue weighted by atomic mass is 9.68. The van der Waals surface area contributed by atoms with Crippen molar-refractivity contribution in [3.8, 4) is 0 Å². The Morgan fingerprint density at radius 1 is 1.40 bits per heavy atom. The van der Waals surface area contributed by atoms with Crippen LogP contribution in [0.5, 0.6) is 0 Å². The second-order valence-electron chi connectivity index (χ2n) is 6.57. The fourth-order valence-electron chi connectivity index (χ4n) is 3.11. The normalized spacial score (nSPS) is 22.7. The van der Waals surface area contributed by atoms with Gasteiger partial charge >= 0.3 is 0 Å². The van der Waals surface area contributed by atoms with Crippen LogP contribution in [0, 0.1) is 5.41 Å². The fraction of sp³-hybridized carbons (Fsp3) is 0.800. The van der Waals surface area contributed by atoms with Gasteiger partial charge in [0.05, 0.1) is 22.5 Å². The van der Waals surface area contributed by atoms with E-state index in [9.17, 15) is 5.11 Å². The Balaban J connectivity index is 2.29. The van der Waals surface area contributed by atoms with Crippen LogP contribution in [0.2, 0.25) is 5.02 Å². The van der Waals surface area contributed by atoms with Gasteiger partial charge in [-0.25, -0.2) is 0 Å². The summed E-state index contributed by atoms with van der Waals surface area (Å²) < 4.78 is 7.66. The zero-order chi connectivity index (χ0) is 15.0. The Labute approximate surface area is 126 Å². The van der Waals surface area contributed by atoms with Crippen molar-refractivity contribution >= 4 is 11.6 Å². The number of hydrogen-bond acceptors (Lipinski definition) is 3. The Morgan fingerprint density at radius 2 is 2.00 bits per heavy atom. The largest absolute Gasteiger partial charge is 0.384 e. The van der Waals surface area contributed by atoms with Gasteiger partial charge in [-0.15, -0.1) is 0 Å². The zero-order valence-electron chi connectivity index (χ0n) is 12.8. The summed E-state index contributed by atoms with van der Waals surface area (Å²) in [6, 6.07) is 0. The third-order valence-electron chi connectivity index (χ3n) is 4.58. The molecular formula is C15H25ClN2O2. The highest BCUT2D eigenvalue weighted by Crippen LogP contribution is 2.48. The number of aliphatic hydroxyl groups is 1. The Hall–Kier alpha value is -0.580. The average Bonchev–Trinajstić information content (AvgIpc) is 2.71. The molecule has 0 aliphatic heterocycles. The smallest absolute Gasteiger partial charge is 0.126 e. The van der Waals surface area contributed by atoms with Crippen LogP contribution in [0.3, 0.4) is 0 Å². The van der Waals surface area contributed by atoms with Crippen molar-refractivity contribution in [3.05, 3.63) is 16.9 Å². The number of aliphatic hydroxyl groups excluding tert-OH is 1. The van der Waals surface area contributed by atoms with E-state index in [0.717, 1.165) is 25.7 Å². The van der Waals surface area contributed by atoms with Gasteiger partial charge in [0.1, 0.15) is 6.10 Å². The molecule has 5 heteroatoms.